The predicted octanol–water partition coefficient (Wildman–Crippen LogP) is -0.0810. The van der Waals surface area contributed by atoms with Crippen LogP contribution in [0.2, 0.25) is 0 Å². The summed E-state index contributed by atoms with van der Waals surface area (Å²) in [5.74, 6) is 0. The summed E-state index contributed by atoms with van der Waals surface area (Å²) in [5, 5.41) is 0. The van der Waals surface area contributed by atoms with Crippen molar-refractivity contribution in [2.75, 3.05) is 0 Å². The van der Waals surface area contributed by atoms with Gasteiger partial charge in [-0.25, -0.2) is 4.79 Å². The molecule has 0 aliphatic rings. The Balaban J connectivity index is 2.67. The molecule has 0 spiro atoms. The molecule has 0 radical (unpaired) electrons. The van der Waals surface area contributed by atoms with Gasteiger partial charge in [0.2, 0.25) is 0 Å². The Bertz CT molecular complexity index is 507. The summed E-state index contributed by atoms with van der Waals surface area (Å²) in [6.45, 7) is 0. The smallest absolute Gasteiger partial charge is 0.331 e. The van der Waals surface area contributed by atoms with E-state index in [1.165, 1.54) is 23.1 Å². The molecule has 1 N–H and O–H groups in total. The molecule has 13 heavy (non-hydrogen) atoms. The second kappa shape index (κ2) is 2.78. The molecule has 0 aromatic carbocycles. The SMILES string of the molecule is O=c1ccn(-c2[c-]occ2)c(=O)[nH]1. The molecular formula is C8H5N2O3-. The molecule has 0 amide bonds. The fourth-order valence-corrected chi connectivity index (χ4v) is 0.963. The lowest BCUT2D eigenvalue weighted by molar-refractivity contribution is 0.556. The number of furan rings is 1. The Labute approximate surface area is 72.3 Å². The summed E-state index contributed by atoms with van der Waals surface area (Å²) >= 11 is 0. The lowest BCUT2D eigenvalue weighted by Crippen LogP contribution is -2.27. The summed E-state index contributed by atoms with van der Waals surface area (Å²) in [7, 11) is 0. The van der Waals surface area contributed by atoms with E-state index in [9.17, 15) is 9.59 Å². The van der Waals surface area contributed by atoms with Crippen LogP contribution in [0.4, 0.5) is 0 Å². The molecule has 0 aliphatic heterocycles. The van der Waals surface area contributed by atoms with Crippen LogP contribution in [0.3, 0.4) is 0 Å². The number of nitrogens with zero attached hydrogens (tertiary/aromatic N) is 1. The number of nitrogens with one attached hydrogen (secondary N) is 1. The van der Waals surface area contributed by atoms with E-state index in [0.29, 0.717) is 5.69 Å². The Morgan fingerprint density at radius 2 is 2.23 bits per heavy atom. The third kappa shape index (κ3) is 1.31. The Morgan fingerprint density at radius 3 is 2.85 bits per heavy atom. The van der Waals surface area contributed by atoms with Crippen LogP contribution in [-0.4, -0.2) is 9.55 Å². The standard InChI is InChI=1S/C8H5N2O3/c11-7-1-3-10(8(12)9-7)6-2-4-13-5-6/h1-4H,(H,9,11,12)/q-1. The monoisotopic (exact) mass is 177 g/mol. The molecule has 66 valence electrons. The summed E-state index contributed by atoms with van der Waals surface area (Å²) in [5.41, 5.74) is -0.476. The van der Waals surface area contributed by atoms with Crippen molar-refractivity contribution in [3.8, 4) is 5.69 Å². The van der Waals surface area contributed by atoms with Crippen molar-refractivity contribution in [3.05, 3.63) is 51.7 Å². The number of rotatable bonds is 1. The topological polar surface area (TPSA) is 68.0 Å². The van der Waals surface area contributed by atoms with Gasteiger partial charge in [0.15, 0.2) is 0 Å². The predicted molar refractivity (Wildman–Crippen MR) is 43.8 cm³/mol. The highest BCUT2D eigenvalue weighted by molar-refractivity contribution is 5.24. The second-order valence-electron chi connectivity index (χ2n) is 2.39. The van der Waals surface area contributed by atoms with Crippen LogP contribution in [0.5, 0.6) is 0 Å². The van der Waals surface area contributed by atoms with Gasteiger partial charge in [0.05, 0.1) is 0 Å². The average molecular weight is 177 g/mol. The largest absolute Gasteiger partial charge is 0.597 e. The van der Waals surface area contributed by atoms with Crippen molar-refractivity contribution in [2.24, 2.45) is 0 Å². The molecular weight excluding hydrogens is 172 g/mol. The summed E-state index contributed by atoms with van der Waals surface area (Å²) < 4.78 is 5.90. The van der Waals surface area contributed by atoms with Gasteiger partial charge >= 0.3 is 5.69 Å². The van der Waals surface area contributed by atoms with E-state index < -0.39 is 11.2 Å². The number of aromatic nitrogens is 2. The zero-order valence-corrected chi connectivity index (χ0v) is 6.48. The van der Waals surface area contributed by atoms with Crippen LogP contribution in [0, 0.1) is 6.26 Å². The third-order valence-corrected chi connectivity index (χ3v) is 1.54. The molecule has 2 rings (SSSR count). The number of H-pyrrole nitrogens is 1. The van der Waals surface area contributed by atoms with Gasteiger partial charge in [0.25, 0.3) is 5.56 Å². The Kier molecular flexibility index (Phi) is 1.63. The molecule has 2 aromatic rings. The minimum absolute atomic E-state index is 0.426. The fourth-order valence-electron chi connectivity index (χ4n) is 0.963. The fraction of sp³-hybridized carbons (Fsp3) is 0. The maximum absolute atomic E-state index is 11.2. The maximum Gasteiger partial charge on any atom is 0.331 e. The maximum atomic E-state index is 11.2. The van der Waals surface area contributed by atoms with Crippen LogP contribution >= 0.6 is 0 Å². The van der Waals surface area contributed by atoms with Crippen molar-refractivity contribution >= 4 is 0 Å². The Hall–Kier alpha value is -2.04. The zero-order chi connectivity index (χ0) is 9.26. The molecule has 0 fully saturated rings. The molecule has 5 nitrogen and oxygen atoms in total. The minimum Gasteiger partial charge on any atom is -0.597 e. The second-order valence-corrected chi connectivity index (χ2v) is 2.39. The van der Waals surface area contributed by atoms with E-state index in [4.69, 9.17) is 0 Å². The van der Waals surface area contributed by atoms with E-state index in [-0.39, 0.29) is 0 Å². The summed E-state index contributed by atoms with van der Waals surface area (Å²) in [6, 6.07) is 2.82. The van der Waals surface area contributed by atoms with Crippen LogP contribution in [0.25, 0.3) is 5.69 Å². The van der Waals surface area contributed by atoms with E-state index >= 15 is 0 Å². The van der Waals surface area contributed by atoms with Crippen LogP contribution < -0.4 is 11.2 Å². The molecule has 0 saturated carbocycles. The van der Waals surface area contributed by atoms with Gasteiger partial charge in [-0.05, 0) is 5.69 Å². The van der Waals surface area contributed by atoms with Crippen LogP contribution in [-0.2, 0) is 0 Å². The van der Waals surface area contributed by atoms with Crippen molar-refractivity contribution in [1.29, 1.82) is 0 Å². The average Bonchev–Trinajstić information content (AvgIpc) is 2.56. The highest BCUT2D eigenvalue weighted by atomic mass is 16.3. The van der Waals surface area contributed by atoms with Crippen molar-refractivity contribution in [2.45, 2.75) is 0 Å². The molecule has 0 saturated heterocycles. The number of aromatic amines is 1. The quantitative estimate of drug-likeness (QED) is 0.619. The van der Waals surface area contributed by atoms with E-state index in [1.54, 1.807) is 6.07 Å². The lowest BCUT2D eigenvalue weighted by Gasteiger charge is -2.02. The molecule has 0 aliphatic carbocycles. The van der Waals surface area contributed by atoms with Gasteiger partial charge in [-0.15, -0.1) is 0 Å². The summed E-state index contributed by atoms with van der Waals surface area (Å²) in [6.07, 6.45) is 5.24. The first-order chi connectivity index (χ1) is 6.27. The molecule has 0 bridgehead atoms. The normalized spacial score (nSPS) is 10.2. The molecule has 0 unspecified atom stereocenters. The first kappa shape index (κ1) is 7.60. The highest BCUT2D eigenvalue weighted by Gasteiger charge is 1.94. The van der Waals surface area contributed by atoms with Crippen molar-refractivity contribution in [3.63, 3.8) is 0 Å². The number of hydrogen-bond donors (Lipinski definition) is 1. The van der Waals surface area contributed by atoms with Crippen molar-refractivity contribution in [1.82, 2.24) is 9.55 Å². The van der Waals surface area contributed by atoms with Crippen LogP contribution in [0.15, 0.2) is 38.6 Å². The molecule has 5 heteroatoms. The van der Waals surface area contributed by atoms with Gasteiger partial charge in [0.1, 0.15) is 0 Å². The van der Waals surface area contributed by atoms with E-state index in [0.717, 1.165) is 0 Å². The highest BCUT2D eigenvalue weighted by Crippen LogP contribution is 2.01. The van der Waals surface area contributed by atoms with Crippen LogP contribution in [0.1, 0.15) is 0 Å². The van der Waals surface area contributed by atoms with Gasteiger partial charge in [-0.1, -0.05) is 6.26 Å². The van der Waals surface area contributed by atoms with Gasteiger partial charge in [-0.3, -0.25) is 14.3 Å². The summed E-state index contributed by atoms with van der Waals surface area (Å²) in [4.78, 5) is 24.0. The van der Waals surface area contributed by atoms with Gasteiger partial charge in [0, 0.05) is 18.5 Å². The minimum atomic E-state index is -0.509. The molecule has 2 aromatic heterocycles. The first-order valence-corrected chi connectivity index (χ1v) is 3.55. The zero-order valence-electron chi connectivity index (χ0n) is 6.48. The molecule has 2 heterocycles. The van der Waals surface area contributed by atoms with E-state index in [1.807, 2.05) is 0 Å². The number of hydrogen-bond acceptors (Lipinski definition) is 3. The van der Waals surface area contributed by atoms with E-state index in [2.05, 4.69) is 15.7 Å². The lowest BCUT2D eigenvalue weighted by atomic mass is 10.5. The van der Waals surface area contributed by atoms with Crippen molar-refractivity contribution < 1.29 is 4.42 Å². The Morgan fingerprint density at radius 1 is 1.38 bits per heavy atom. The van der Waals surface area contributed by atoms with Gasteiger partial charge in [-0.2, -0.15) is 6.07 Å². The first-order valence-electron chi connectivity index (χ1n) is 3.55. The third-order valence-electron chi connectivity index (χ3n) is 1.54. The molecule has 0 atom stereocenters. The van der Waals surface area contributed by atoms with Gasteiger partial charge < -0.3 is 4.42 Å².